The summed E-state index contributed by atoms with van der Waals surface area (Å²) >= 11 is 0. The number of Topliss-reactive ketones (excluding diaryl/α,β-unsaturated/α-hetero) is 1. The second-order valence-corrected chi connectivity index (χ2v) is 9.94. The van der Waals surface area contributed by atoms with Crippen LogP contribution < -0.4 is 0 Å². The molecule has 4 aliphatic carbocycles. The highest BCUT2D eigenvalue weighted by atomic mass is 16.3. The largest absolute Gasteiger partial charge is 0.393 e. The van der Waals surface area contributed by atoms with Crippen LogP contribution in [0.5, 0.6) is 0 Å². The van der Waals surface area contributed by atoms with Crippen molar-refractivity contribution < 1.29 is 9.90 Å². The standard InChI is InChI=1S/C23H34O2/c1-5-14(2)21-20(25)13-19-17-7-6-15-12-16(24)8-10-22(15,3)18(17)9-11-23(19,21)4/h5-6,14,16-19,21,24H,1,7-13H2,2-4H3/t14-,16+,17?,18?,19?,21-,22+,23+/m1/s1. The monoisotopic (exact) mass is 342 g/mol. The molecule has 4 rings (SSSR count). The topological polar surface area (TPSA) is 37.3 Å². The summed E-state index contributed by atoms with van der Waals surface area (Å²) in [7, 11) is 0. The van der Waals surface area contributed by atoms with Crippen LogP contribution in [0, 0.1) is 40.4 Å². The minimum atomic E-state index is -0.143. The minimum absolute atomic E-state index is 0.143. The summed E-state index contributed by atoms with van der Waals surface area (Å²) in [6.07, 6.45) is 11.5. The van der Waals surface area contributed by atoms with Gasteiger partial charge in [-0.1, -0.05) is 38.5 Å². The molecule has 2 heteroatoms. The van der Waals surface area contributed by atoms with Gasteiger partial charge in [-0.25, -0.2) is 0 Å². The highest BCUT2D eigenvalue weighted by molar-refractivity contribution is 5.85. The first-order valence-electron chi connectivity index (χ1n) is 10.3. The van der Waals surface area contributed by atoms with E-state index in [0.29, 0.717) is 23.5 Å². The van der Waals surface area contributed by atoms with Crippen LogP contribution in [-0.2, 0) is 4.79 Å². The fraction of sp³-hybridized carbons (Fsp3) is 0.783. The highest BCUT2D eigenvalue weighted by Crippen LogP contribution is 2.66. The van der Waals surface area contributed by atoms with Crippen molar-refractivity contribution in [3.8, 4) is 0 Å². The van der Waals surface area contributed by atoms with E-state index in [1.165, 1.54) is 18.4 Å². The lowest BCUT2D eigenvalue weighted by Crippen LogP contribution is -2.50. The summed E-state index contributed by atoms with van der Waals surface area (Å²) in [5.74, 6) is 2.82. The number of hydrogen-bond acceptors (Lipinski definition) is 2. The van der Waals surface area contributed by atoms with Gasteiger partial charge >= 0.3 is 0 Å². The first-order valence-corrected chi connectivity index (χ1v) is 10.3. The summed E-state index contributed by atoms with van der Waals surface area (Å²) in [5.41, 5.74) is 1.92. The third-order valence-electron chi connectivity index (χ3n) is 8.89. The number of aliphatic hydroxyl groups excluding tert-OH is 1. The molecule has 2 nitrogen and oxygen atoms in total. The van der Waals surface area contributed by atoms with Crippen LogP contribution in [0.2, 0.25) is 0 Å². The van der Waals surface area contributed by atoms with E-state index in [1.807, 2.05) is 6.08 Å². The highest BCUT2D eigenvalue weighted by Gasteiger charge is 2.61. The summed E-state index contributed by atoms with van der Waals surface area (Å²) < 4.78 is 0. The molecule has 0 saturated heterocycles. The molecule has 4 aliphatic rings. The minimum Gasteiger partial charge on any atom is -0.393 e. The molecule has 1 N–H and O–H groups in total. The number of carbonyl (C=O) groups excluding carboxylic acids is 1. The van der Waals surface area contributed by atoms with E-state index in [-0.39, 0.29) is 28.8 Å². The average Bonchev–Trinajstić information content (AvgIpc) is 2.85. The second-order valence-electron chi connectivity index (χ2n) is 9.94. The van der Waals surface area contributed by atoms with Gasteiger partial charge in [0.25, 0.3) is 0 Å². The number of rotatable bonds is 2. The maximum absolute atomic E-state index is 12.9. The maximum atomic E-state index is 12.9. The van der Waals surface area contributed by atoms with E-state index < -0.39 is 0 Å². The van der Waals surface area contributed by atoms with Crippen molar-refractivity contribution in [3.63, 3.8) is 0 Å². The van der Waals surface area contributed by atoms with Crippen LogP contribution in [0.4, 0.5) is 0 Å². The zero-order chi connectivity index (χ0) is 18.0. The van der Waals surface area contributed by atoms with E-state index in [2.05, 4.69) is 33.4 Å². The van der Waals surface area contributed by atoms with Gasteiger partial charge < -0.3 is 5.11 Å². The summed E-state index contributed by atoms with van der Waals surface area (Å²) in [6, 6.07) is 0. The predicted octanol–water partition coefficient (Wildman–Crippen LogP) is 4.93. The molecule has 0 aromatic rings. The van der Waals surface area contributed by atoms with E-state index in [0.717, 1.165) is 32.1 Å². The normalized spacial score (nSPS) is 50.3. The van der Waals surface area contributed by atoms with Crippen LogP contribution in [0.3, 0.4) is 0 Å². The van der Waals surface area contributed by atoms with Crippen molar-refractivity contribution >= 4 is 5.78 Å². The fourth-order valence-electron chi connectivity index (χ4n) is 7.50. The van der Waals surface area contributed by atoms with Gasteiger partial charge in [-0.05, 0) is 73.0 Å². The Kier molecular flexibility index (Phi) is 4.07. The van der Waals surface area contributed by atoms with Crippen LogP contribution in [-0.4, -0.2) is 17.0 Å². The molecular formula is C23H34O2. The first kappa shape index (κ1) is 17.5. The Morgan fingerprint density at radius 2 is 2.00 bits per heavy atom. The number of allylic oxidation sites excluding steroid dienone is 2. The first-order chi connectivity index (χ1) is 11.8. The lowest BCUT2D eigenvalue weighted by atomic mass is 9.47. The molecule has 0 aromatic carbocycles. The summed E-state index contributed by atoms with van der Waals surface area (Å²) in [5, 5.41) is 10.1. The smallest absolute Gasteiger partial charge is 0.137 e. The van der Waals surface area contributed by atoms with Crippen molar-refractivity contribution in [3.05, 3.63) is 24.3 Å². The SMILES string of the molecule is C=C[C@@H](C)[C@@H]1C(=O)CC2C3CC=C4C[C@@H](O)CC[C@]4(C)C3CC[C@@]21C. The number of fused-ring (bicyclic) bond motifs is 5. The molecule has 0 heterocycles. The lowest BCUT2D eigenvalue weighted by molar-refractivity contribution is -0.123. The molecule has 0 amide bonds. The van der Waals surface area contributed by atoms with Gasteiger partial charge in [-0.2, -0.15) is 0 Å². The van der Waals surface area contributed by atoms with Gasteiger partial charge in [0, 0.05) is 12.3 Å². The Hall–Kier alpha value is -0.890. The number of ketones is 1. The summed E-state index contributed by atoms with van der Waals surface area (Å²) in [6.45, 7) is 11.0. The Morgan fingerprint density at radius 1 is 1.24 bits per heavy atom. The van der Waals surface area contributed by atoms with Crippen molar-refractivity contribution in [2.75, 3.05) is 0 Å². The number of hydrogen-bond donors (Lipinski definition) is 1. The lowest BCUT2D eigenvalue weighted by Gasteiger charge is -2.58. The second kappa shape index (κ2) is 5.81. The van der Waals surface area contributed by atoms with Gasteiger partial charge in [0.05, 0.1) is 6.10 Å². The van der Waals surface area contributed by atoms with Crippen LogP contribution >= 0.6 is 0 Å². The number of carbonyl (C=O) groups is 1. The van der Waals surface area contributed by atoms with Gasteiger partial charge in [0.2, 0.25) is 0 Å². The van der Waals surface area contributed by atoms with E-state index in [9.17, 15) is 9.90 Å². The van der Waals surface area contributed by atoms with Crippen molar-refractivity contribution in [2.45, 2.75) is 71.8 Å². The van der Waals surface area contributed by atoms with Gasteiger partial charge in [-0.15, -0.1) is 6.58 Å². The van der Waals surface area contributed by atoms with Gasteiger partial charge in [0.15, 0.2) is 0 Å². The summed E-state index contributed by atoms with van der Waals surface area (Å²) in [4.78, 5) is 12.9. The van der Waals surface area contributed by atoms with Gasteiger partial charge in [-0.3, -0.25) is 4.79 Å². The molecule has 3 unspecified atom stereocenters. The van der Waals surface area contributed by atoms with E-state index in [4.69, 9.17) is 0 Å². The molecule has 0 aromatic heterocycles. The van der Waals surface area contributed by atoms with E-state index in [1.54, 1.807) is 0 Å². The molecule has 3 fully saturated rings. The quantitative estimate of drug-likeness (QED) is 0.723. The van der Waals surface area contributed by atoms with Crippen molar-refractivity contribution in [2.24, 2.45) is 40.4 Å². The van der Waals surface area contributed by atoms with Crippen molar-refractivity contribution in [1.29, 1.82) is 0 Å². The van der Waals surface area contributed by atoms with Crippen LogP contribution in [0.25, 0.3) is 0 Å². The predicted molar refractivity (Wildman–Crippen MR) is 101 cm³/mol. The molecule has 138 valence electrons. The van der Waals surface area contributed by atoms with Crippen LogP contribution in [0.1, 0.15) is 65.7 Å². The molecular weight excluding hydrogens is 308 g/mol. The molecule has 0 bridgehead atoms. The molecule has 25 heavy (non-hydrogen) atoms. The Morgan fingerprint density at radius 3 is 2.72 bits per heavy atom. The average molecular weight is 343 g/mol. The zero-order valence-corrected chi connectivity index (χ0v) is 16.1. The van der Waals surface area contributed by atoms with Crippen LogP contribution in [0.15, 0.2) is 24.3 Å². The van der Waals surface area contributed by atoms with Crippen molar-refractivity contribution in [1.82, 2.24) is 0 Å². The molecule has 3 saturated carbocycles. The Bertz CT molecular complexity index is 620. The van der Waals surface area contributed by atoms with Gasteiger partial charge in [0.1, 0.15) is 5.78 Å². The molecule has 0 spiro atoms. The Labute approximate surface area is 152 Å². The molecule has 8 atom stereocenters. The molecule has 0 radical (unpaired) electrons. The maximum Gasteiger partial charge on any atom is 0.137 e. The number of aliphatic hydroxyl groups is 1. The zero-order valence-electron chi connectivity index (χ0n) is 16.1. The molecule has 0 aliphatic heterocycles. The Balaban J connectivity index is 1.68. The third kappa shape index (κ3) is 2.36. The fourth-order valence-corrected chi connectivity index (χ4v) is 7.50. The van der Waals surface area contributed by atoms with E-state index >= 15 is 0 Å². The third-order valence-corrected chi connectivity index (χ3v) is 8.89.